The summed E-state index contributed by atoms with van der Waals surface area (Å²) in [4.78, 5) is 36.8. The third kappa shape index (κ3) is 11.5. The number of carbonyl (C=O) groups excluding carboxylic acids is 1. The van der Waals surface area contributed by atoms with Crippen LogP contribution in [0.3, 0.4) is 0 Å². The van der Waals surface area contributed by atoms with Crippen LogP contribution in [-0.4, -0.2) is 202 Å². The van der Waals surface area contributed by atoms with Crippen LogP contribution in [-0.2, 0) is 4.79 Å². The van der Waals surface area contributed by atoms with Gasteiger partial charge < -0.3 is 41.7 Å². The molecule has 4 aliphatic carbocycles. The van der Waals surface area contributed by atoms with E-state index in [2.05, 4.69) is 86.5 Å². The number of guanidine groups is 4. The second kappa shape index (κ2) is 21.7. The second-order valence-electron chi connectivity index (χ2n) is 22.2. The Hall–Kier alpha value is -2.09. The van der Waals surface area contributed by atoms with E-state index in [1.54, 1.807) is 0 Å². The molecule has 0 unspecified atom stereocenters. The van der Waals surface area contributed by atoms with Gasteiger partial charge in [0.15, 0.2) is 17.9 Å². The standard InChI is InChI=1S/C48H80N14OS4/c49-31-67-30-42-8-16-62-15-7-41(57-47(62)58-42)29-66-28-40-6-14-61-13-5-39(55-46(61)56-40)27-65-26-38-4-12-60-11-3-37(53-45(60)54-38)25-64-24-36-2-10-59-9-1-35(51-44(59)52-36)23-50-43(63)48-20-32-17-33(21-48)19-34(18-32)22-48/h32-42H,1-31,49H2,(H5,50,51,52,53,54,55,56,57,58,63)/p+1/t32?,33?,34?,35-,36-,37-,38-,39-,40-,41-,42-,48?/m1/s1. The molecule has 15 nitrogen and oxygen atoms in total. The Kier molecular flexibility index (Phi) is 15.3. The number of aliphatic imine (C=N–C) groups is 3. The first kappa shape index (κ1) is 47.2. The van der Waals surface area contributed by atoms with E-state index in [1.165, 1.54) is 50.9 Å². The lowest BCUT2D eigenvalue weighted by molar-refractivity contribution is -0.542. The molecule has 8 aliphatic heterocycles. The second-order valence-corrected chi connectivity index (χ2v) is 26.5. The topological polar surface area (TPSA) is 165 Å². The highest BCUT2D eigenvalue weighted by atomic mass is 32.2. The van der Waals surface area contributed by atoms with Gasteiger partial charge in [0, 0.05) is 122 Å². The number of carbonyl (C=O) groups is 1. The maximum Gasteiger partial charge on any atom is 0.346 e. The summed E-state index contributed by atoms with van der Waals surface area (Å²) in [6.07, 6.45) is 16.8. The summed E-state index contributed by atoms with van der Waals surface area (Å²) in [6, 6.07) is 3.38. The first-order valence-corrected chi connectivity index (χ1v) is 31.2. The molecular weight excluding hydrogens is 917 g/mol. The fourth-order valence-corrected chi connectivity index (χ4v) is 17.9. The Morgan fingerprint density at radius 3 is 1.45 bits per heavy atom. The van der Waals surface area contributed by atoms with E-state index in [4.69, 9.17) is 20.7 Å². The Balaban J connectivity index is 0.573. The summed E-state index contributed by atoms with van der Waals surface area (Å²) >= 11 is 8.03. The van der Waals surface area contributed by atoms with Gasteiger partial charge in [-0.15, -0.1) is 11.8 Å². The fourth-order valence-electron chi connectivity index (χ4n) is 13.7. The number of hydrogen-bond donors (Lipinski definition) is 7. The van der Waals surface area contributed by atoms with Crippen molar-refractivity contribution in [3.8, 4) is 0 Å². The average molecular weight is 999 g/mol. The molecule has 0 aromatic carbocycles. The van der Waals surface area contributed by atoms with Crippen molar-refractivity contribution >= 4 is 76.8 Å². The molecule has 0 spiro atoms. The average Bonchev–Trinajstić information content (AvgIpc) is 3.34. The molecule has 4 bridgehead atoms. The van der Waals surface area contributed by atoms with Crippen molar-refractivity contribution < 1.29 is 9.37 Å². The van der Waals surface area contributed by atoms with Gasteiger partial charge in [0.1, 0.15) is 0 Å². The quantitative estimate of drug-likeness (QED) is 0.0793. The van der Waals surface area contributed by atoms with Gasteiger partial charge in [-0.2, -0.15) is 35.3 Å². The Morgan fingerprint density at radius 2 is 0.955 bits per heavy atom. The highest BCUT2D eigenvalue weighted by Crippen LogP contribution is 2.60. The summed E-state index contributed by atoms with van der Waals surface area (Å²) in [6.45, 7) is 9.60. The molecule has 8 heterocycles. The van der Waals surface area contributed by atoms with Crippen molar-refractivity contribution in [3.05, 3.63) is 0 Å². The van der Waals surface area contributed by atoms with Gasteiger partial charge in [-0.25, -0.2) is 15.0 Å². The van der Waals surface area contributed by atoms with Crippen LogP contribution in [0, 0.1) is 23.2 Å². The third-order valence-corrected chi connectivity index (χ3v) is 21.7. The number of nitrogens with zero attached hydrogens (tertiary/aromatic N) is 7. The summed E-state index contributed by atoms with van der Waals surface area (Å²) in [7, 11) is 0. The molecule has 0 radical (unpaired) electrons. The highest BCUT2D eigenvalue weighted by Gasteiger charge is 2.54. The number of hydrogen-bond acceptors (Lipinski definition) is 17. The van der Waals surface area contributed by atoms with E-state index < -0.39 is 0 Å². The zero-order valence-corrected chi connectivity index (χ0v) is 43.3. The number of fused-ring (bicyclic) bond motifs is 3. The van der Waals surface area contributed by atoms with Crippen molar-refractivity contribution in [2.24, 2.45) is 43.9 Å². The van der Waals surface area contributed by atoms with Crippen molar-refractivity contribution in [1.82, 2.24) is 46.6 Å². The molecule has 67 heavy (non-hydrogen) atoms. The fraction of sp³-hybridized carbons (Fsp3) is 0.896. The van der Waals surface area contributed by atoms with Crippen molar-refractivity contribution in [1.29, 1.82) is 0 Å². The van der Waals surface area contributed by atoms with Gasteiger partial charge in [0.25, 0.3) is 0 Å². The molecule has 3 saturated heterocycles. The normalized spacial score (nSPS) is 37.5. The van der Waals surface area contributed by atoms with Crippen LogP contribution >= 0.6 is 47.0 Å². The van der Waals surface area contributed by atoms with Crippen LogP contribution < -0.4 is 37.6 Å². The highest BCUT2D eigenvalue weighted by molar-refractivity contribution is 8.00. The molecular formula is C48H81N14OS4+. The van der Waals surface area contributed by atoms with Crippen LogP contribution in [0.5, 0.6) is 0 Å². The first-order valence-electron chi connectivity index (χ1n) is 26.6. The zero-order chi connectivity index (χ0) is 45.2. The lowest BCUT2D eigenvalue weighted by Gasteiger charge is -2.55. The molecule has 4 saturated carbocycles. The van der Waals surface area contributed by atoms with E-state index in [0.29, 0.717) is 60.1 Å². The predicted octanol–water partition coefficient (Wildman–Crippen LogP) is 2.64. The van der Waals surface area contributed by atoms with E-state index in [-0.39, 0.29) is 5.41 Å². The van der Waals surface area contributed by atoms with Crippen molar-refractivity contribution in [2.75, 3.05) is 105 Å². The monoisotopic (exact) mass is 998 g/mol. The number of nitrogens with two attached hydrogens (primary N) is 1. The maximum absolute atomic E-state index is 13.6. The van der Waals surface area contributed by atoms with Gasteiger partial charge in [-0.3, -0.25) is 20.0 Å². The molecule has 8 N–H and O–H groups in total. The molecule has 8 atom stereocenters. The minimum Gasteiger partial charge on any atom is -0.353 e. The summed E-state index contributed by atoms with van der Waals surface area (Å²) < 4.78 is 2.49. The Labute approximate surface area is 417 Å². The van der Waals surface area contributed by atoms with E-state index in [9.17, 15) is 4.79 Å². The lowest BCUT2D eigenvalue weighted by Crippen LogP contribution is -2.62. The van der Waals surface area contributed by atoms with E-state index >= 15 is 0 Å². The molecule has 0 aromatic heterocycles. The van der Waals surface area contributed by atoms with Crippen LogP contribution in [0.25, 0.3) is 0 Å². The lowest BCUT2D eigenvalue weighted by atomic mass is 9.49. The van der Waals surface area contributed by atoms with Gasteiger partial charge in [-0.1, -0.05) is 0 Å². The zero-order valence-electron chi connectivity index (χ0n) is 40.0. The largest absolute Gasteiger partial charge is 0.353 e. The SMILES string of the molecule is NCSC[C@H]1CCN2CC[C@H](CSC[C@H]3CCN4CC[C@H](CSC[C@H]5CCN6CC[C@H](CSC[C@H]7CC[N+]8=C(N[C@@H](CNC(=O)C9%10CC%11CC(CC(C%11)C9)C%10)CC8)N7)NC6=N5)N=C4N3)N=C2N1. The smallest absolute Gasteiger partial charge is 0.346 e. The molecule has 0 aromatic rings. The Bertz CT molecular complexity index is 1830. The van der Waals surface area contributed by atoms with Crippen LogP contribution in [0.1, 0.15) is 89.9 Å². The molecule has 1 amide bonds. The summed E-state index contributed by atoms with van der Waals surface area (Å²) in [5.41, 5.74) is 5.68. The van der Waals surface area contributed by atoms with Crippen molar-refractivity contribution in [3.63, 3.8) is 0 Å². The van der Waals surface area contributed by atoms with Crippen LogP contribution in [0.15, 0.2) is 15.0 Å². The molecule has 12 aliphatic rings. The minimum absolute atomic E-state index is 0.0609. The van der Waals surface area contributed by atoms with Gasteiger partial charge >= 0.3 is 5.96 Å². The first-order chi connectivity index (χ1) is 32.9. The molecule has 372 valence electrons. The molecule has 12 rings (SSSR count). The summed E-state index contributed by atoms with van der Waals surface area (Å²) in [5, 5.41) is 22.6. The van der Waals surface area contributed by atoms with E-state index in [0.717, 1.165) is 180 Å². The molecule has 7 fully saturated rings. The maximum atomic E-state index is 13.6. The third-order valence-electron chi connectivity index (χ3n) is 17.1. The number of rotatable bonds is 18. The van der Waals surface area contributed by atoms with Gasteiger partial charge in [0.2, 0.25) is 5.91 Å². The van der Waals surface area contributed by atoms with Gasteiger partial charge in [0.05, 0.1) is 49.8 Å². The predicted molar refractivity (Wildman–Crippen MR) is 282 cm³/mol. The van der Waals surface area contributed by atoms with Crippen LogP contribution in [0.2, 0.25) is 0 Å². The van der Waals surface area contributed by atoms with Gasteiger partial charge in [-0.05, 0) is 94.8 Å². The molecule has 19 heteroatoms. The number of nitrogens with one attached hydrogen (secondary N) is 6. The number of amides is 1. The van der Waals surface area contributed by atoms with Crippen molar-refractivity contribution in [2.45, 2.75) is 138 Å². The number of thioether (sulfide) groups is 4. The van der Waals surface area contributed by atoms with E-state index in [1.807, 2.05) is 11.8 Å². The van der Waals surface area contributed by atoms with Crippen LogP contribution in [0.4, 0.5) is 0 Å². The Morgan fingerprint density at radius 1 is 0.552 bits per heavy atom. The minimum atomic E-state index is -0.0609. The summed E-state index contributed by atoms with van der Waals surface area (Å²) in [5.74, 6) is 15.7.